The number of fused-ring (bicyclic) bond motifs is 1. The van der Waals surface area contributed by atoms with E-state index in [1.165, 1.54) is 79.6 Å². The van der Waals surface area contributed by atoms with Gasteiger partial charge in [0.05, 0.1) is 5.41 Å². The van der Waals surface area contributed by atoms with Crippen LogP contribution in [-0.2, 0) is 18.3 Å². The molecule has 0 saturated heterocycles. The molecule has 0 spiro atoms. The lowest BCUT2D eigenvalue weighted by Crippen LogP contribution is -2.34. The largest absolute Gasteiger partial charge is 0.507 e. The van der Waals surface area contributed by atoms with E-state index in [1.54, 1.807) is 0 Å². The van der Waals surface area contributed by atoms with Crippen molar-refractivity contribution in [3.05, 3.63) is 70.3 Å². The fraction of sp³-hybridized carbons (Fsp3) is 0.514. The molecule has 0 radical (unpaired) electrons. The fourth-order valence-corrected chi connectivity index (χ4v) is 8.11. The van der Waals surface area contributed by atoms with Gasteiger partial charge >= 0.3 is 0 Å². The molecule has 1 fully saturated rings. The number of aromatic hydroxyl groups is 1. The van der Waals surface area contributed by atoms with Gasteiger partial charge in [0.1, 0.15) is 12.3 Å². The number of phenols is 1. The second-order valence-corrected chi connectivity index (χ2v) is 12.9. The van der Waals surface area contributed by atoms with Crippen LogP contribution in [0.3, 0.4) is 0 Å². The molecular weight excluding hydrogens is 500 g/mol. The first-order valence-electron chi connectivity index (χ1n) is 15.4. The van der Waals surface area contributed by atoms with Crippen molar-refractivity contribution in [3.63, 3.8) is 0 Å². The molecule has 0 aromatic heterocycles. The summed E-state index contributed by atoms with van der Waals surface area (Å²) in [4.78, 5) is 2.49. The standard InChI is InChI=1S/C35H43ClN2O/c1-3-19-35(2)30-24-28(36)16-17-31(30)38(22-7-6-12-25-10-4-5-11-25)32(35)18-15-27-23-26-13-8-20-37-21-9-14-29(33(26)37)34(27)39/h3,15-18,23-25H,1,4-14,19-22H2,2H3/p+1. The van der Waals surface area contributed by atoms with E-state index in [1.807, 2.05) is 12.1 Å². The Kier molecular flexibility index (Phi) is 7.64. The minimum atomic E-state index is -0.209. The first-order chi connectivity index (χ1) is 19.0. The van der Waals surface area contributed by atoms with Crippen LogP contribution in [0.5, 0.6) is 5.75 Å². The van der Waals surface area contributed by atoms with Crippen molar-refractivity contribution < 1.29 is 9.68 Å². The highest BCUT2D eigenvalue weighted by atomic mass is 35.5. The van der Waals surface area contributed by atoms with Gasteiger partial charge in [-0.15, -0.1) is 6.58 Å². The van der Waals surface area contributed by atoms with Crippen LogP contribution in [0.25, 0.3) is 6.08 Å². The van der Waals surface area contributed by atoms with Crippen molar-refractivity contribution in [1.29, 1.82) is 0 Å². The Hall–Kier alpha value is -2.52. The molecule has 1 atom stereocenters. The number of anilines is 1. The monoisotopic (exact) mass is 543 g/mol. The topological polar surface area (TPSA) is 26.5 Å². The van der Waals surface area contributed by atoms with Crippen LogP contribution in [-0.4, -0.2) is 35.0 Å². The maximum Gasteiger partial charge on any atom is 0.209 e. The van der Waals surface area contributed by atoms with Crippen LogP contribution in [0.1, 0.15) is 93.4 Å². The molecule has 3 aliphatic heterocycles. The lowest BCUT2D eigenvalue weighted by Gasteiger charge is -2.37. The molecule has 3 heterocycles. The Morgan fingerprint density at radius 1 is 1.08 bits per heavy atom. The summed E-state index contributed by atoms with van der Waals surface area (Å²) in [5, 5.41) is 12.2. The second-order valence-electron chi connectivity index (χ2n) is 12.5. The maximum atomic E-state index is 11.4. The number of nitrogens with zero attached hydrogens (tertiary/aromatic N) is 2. The average Bonchev–Trinajstić information content (AvgIpc) is 3.53. The van der Waals surface area contributed by atoms with E-state index in [-0.39, 0.29) is 5.41 Å². The highest BCUT2D eigenvalue weighted by molar-refractivity contribution is 6.30. The lowest BCUT2D eigenvalue weighted by molar-refractivity contribution is -0.438. The van der Waals surface area contributed by atoms with Gasteiger partial charge in [-0.05, 0) is 81.2 Å². The van der Waals surface area contributed by atoms with E-state index in [4.69, 9.17) is 11.6 Å². The molecule has 2 aromatic rings. The number of rotatable bonds is 9. The van der Waals surface area contributed by atoms with E-state index < -0.39 is 0 Å². The van der Waals surface area contributed by atoms with Gasteiger partial charge in [0, 0.05) is 59.1 Å². The Morgan fingerprint density at radius 2 is 1.87 bits per heavy atom. The van der Waals surface area contributed by atoms with Crippen LogP contribution in [0, 0.1) is 5.92 Å². The number of halogens is 1. The highest BCUT2D eigenvalue weighted by Gasteiger charge is 2.47. The van der Waals surface area contributed by atoms with Gasteiger partial charge in [0.2, 0.25) is 5.69 Å². The summed E-state index contributed by atoms with van der Waals surface area (Å²) in [6, 6.07) is 8.63. The lowest BCUT2D eigenvalue weighted by atomic mass is 9.76. The number of unbranched alkanes of at least 4 members (excludes halogenated alkanes) is 1. The van der Waals surface area contributed by atoms with Gasteiger partial charge in [-0.2, -0.15) is 4.58 Å². The van der Waals surface area contributed by atoms with Gasteiger partial charge in [0.25, 0.3) is 0 Å². The molecule has 4 aliphatic rings. The smallest absolute Gasteiger partial charge is 0.209 e. The van der Waals surface area contributed by atoms with Crippen LogP contribution in [0.15, 0.2) is 43.0 Å². The zero-order valence-corrected chi connectivity index (χ0v) is 24.4. The molecule has 1 aliphatic carbocycles. The number of hydrogen-bond acceptors (Lipinski definition) is 2. The van der Waals surface area contributed by atoms with Gasteiger partial charge < -0.3 is 10.0 Å². The van der Waals surface area contributed by atoms with Gasteiger partial charge in [-0.25, -0.2) is 0 Å². The Labute approximate surface area is 239 Å². The van der Waals surface area contributed by atoms with E-state index in [0.29, 0.717) is 5.75 Å². The normalized spacial score (nSPS) is 22.6. The molecule has 2 aromatic carbocycles. The predicted octanol–water partition coefficient (Wildman–Crippen LogP) is 8.75. The highest BCUT2D eigenvalue weighted by Crippen LogP contribution is 2.46. The van der Waals surface area contributed by atoms with Crippen LogP contribution in [0.2, 0.25) is 5.02 Å². The first-order valence-corrected chi connectivity index (χ1v) is 15.7. The summed E-state index contributed by atoms with van der Waals surface area (Å²) in [6.07, 6.45) is 21.2. The van der Waals surface area contributed by atoms with Gasteiger partial charge in [0.15, 0.2) is 5.71 Å². The average molecular weight is 544 g/mol. The summed E-state index contributed by atoms with van der Waals surface area (Å²) in [5.41, 5.74) is 8.45. The Balaban J connectivity index is 1.36. The summed E-state index contributed by atoms with van der Waals surface area (Å²) in [5.74, 6) is 1.41. The molecule has 6 rings (SSSR count). The van der Waals surface area contributed by atoms with E-state index in [0.717, 1.165) is 67.4 Å². The van der Waals surface area contributed by atoms with Crippen molar-refractivity contribution in [2.75, 3.05) is 24.5 Å². The summed E-state index contributed by atoms with van der Waals surface area (Å²) >= 11 is 6.55. The van der Waals surface area contributed by atoms with Crippen LogP contribution in [0.4, 0.5) is 11.4 Å². The molecule has 3 nitrogen and oxygen atoms in total. The molecular formula is C35H44ClN2O+. The van der Waals surface area contributed by atoms with Crippen molar-refractivity contribution >= 4 is 34.8 Å². The van der Waals surface area contributed by atoms with Crippen molar-refractivity contribution in [2.45, 2.75) is 89.4 Å². The van der Waals surface area contributed by atoms with Gasteiger partial charge in [-0.1, -0.05) is 49.8 Å². The molecule has 39 heavy (non-hydrogen) atoms. The Morgan fingerprint density at radius 3 is 2.67 bits per heavy atom. The first kappa shape index (κ1) is 26.7. The van der Waals surface area contributed by atoms with Crippen LogP contribution >= 0.6 is 11.6 Å². The third kappa shape index (κ3) is 4.97. The number of aryl methyl sites for hydroxylation is 1. The third-order valence-electron chi connectivity index (χ3n) is 9.92. The van der Waals surface area contributed by atoms with E-state index >= 15 is 0 Å². The molecule has 1 unspecified atom stereocenters. The number of benzene rings is 2. The predicted molar refractivity (Wildman–Crippen MR) is 165 cm³/mol. The quantitative estimate of drug-likeness (QED) is 0.194. The van der Waals surface area contributed by atoms with Crippen LogP contribution < -0.4 is 4.90 Å². The molecule has 4 heteroatoms. The van der Waals surface area contributed by atoms with Crippen molar-refractivity contribution in [1.82, 2.24) is 0 Å². The summed E-state index contributed by atoms with van der Waals surface area (Å²) in [6.45, 7) is 9.69. The van der Waals surface area contributed by atoms with E-state index in [9.17, 15) is 5.11 Å². The molecule has 1 saturated carbocycles. The molecule has 206 valence electrons. The minimum absolute atomic E-state index is 0.209. The minimum Gasteiger partial charge on any atom is -0.507 e. The molecule has 1 N–H and O–H groups in total. The number of phenolic OH excluding ortho intramolecular Hbond substituents is 1. The second kappa shape index (κ2) is 11.2. The molecule has 0 amide bonds. The molecule has 0 bridgehead atoms. The zero-order chi connectivity index (χ0) is 27.0. The maximum absolute atomic E-state index is 11.4. The zero-order valence-electron chi connectivity index (χ0n) is 23.7. The van der Waals surface area contributed by atoms with Crippen molar-refractivity contribution in [2.24, 2.45) is 5.92 Å². The number of hydrogen-bond donors (Lipinski definition) is 1. The van der Waals surface area contributed by atoms with Gasteiger partial charge in [-0.3, -0.25) is 0 Å². The summed E-state index contributed by atoms with van der Waals surface area (Å²) < 4.78 is 2.53. The number of allylic oxidation sites excluding steroid dienone is 2. The van der Waals surface area contributed by atoms with Crippen molar-refractivity contribution in [3.8, 4) is 5.75 Å². The Bertz CT molecular complexity index is 1320. The third-order valence-corrected chi connectivity index (χ3v) is 10.2. The fourth-order valence-electron chi connectivity index (χ4n) is 7.94. The summed E-state index contributed by atoms with van der Waals surface area (Å²) in [7, 11) is 0. The van der Waals surface area contributed by atoms with E-state index in [2.05, 4.69) is 53.3 Å². The SMILES string of the molecule is C=CCC1(C)C(C=Cc2cc3c4c(c2O)CCCN4CCC3)=[N+](CCCCC2CCCC2)c2ccc(Cl)cc21.